The van der Waals surface area contributed by atoms with E-state index in [9.17, 15) is 128 Å². The van der Waals surface area contributed by atoms with E-state index in [1.165, 1.54) is 0 Å². The number of nitrogens with one attached hydrogen (secondary N) is 16. The molecule has 1 aliphatic rings. The quantitative estimate of drug-likeness (QED) is 0.0199. The van der Waals surface area contributed by atoms with Crippen LogP contribution in [-0.4, -0.2) is 281 Å². The van der Waals surface area contributed by atoms with Gasteiger partial charge in [-0.05, 0) is 122 Å². The van der Waals surface area contributed by atoms with E-state index in [2.05, 4.69) is 85.1 Å². The van der Waals surface area contributed by atoms with Gasteiger partial charge < -0.3 is 95.3 Å². The Morgan fingerprint density at radius 3 is 1.18 bits per heavy atom. The van der Waals surface area contributed by atoms with Crippen LogP contribution in [0.25, 0.3) is 0 Å². The smallest absolute Gasteiger partial charge is 0.278 e. The van der Waals surface area contributed by atoms with Crippen molar-refractivity contribution in [1.82, 2.24) is 85.1 Å². The molecule has 1 saturated heterocycles. The molecule has 0 radical (unpaired) electrons. The highest BCUT2D eigenvalue weighted by molar-refractivity contribution is 7.86. The third kappa shape index (κ3) is 45.3. The van der Waals surface area contributed by atoms with Crippen molar-refractivity contribution in [2.45, 2.75) is 211 Å². The molecule has 1 rings (SSSR count). The normalized spacial score (nSPS) is 21.5. The van der Waals surface area contributed by atoms with Crippen LogP contribution in [0.3, 0.4) is 0 Å². The van der Waals surface area contributed by atoms with Crippen LogP contribution in [0.2, 0.25) is 0 Å². The fraction of sp³-hybridized carbons (Fsp3) is 0.810. The molecule has 0 aromatic carbocycles. The van der Waals surface area contributed by atoms with Crippen molar-refractivity contribution in [3.05, 3.63) is 0 Å². The van der Waals surface area contributed by atoms with Crippen molar-refractivity contribution in [2.75, 3.05) is 68.7 Å². The molecule has 49 heteroatoms. The first-order valence-corrected chi connectivity index (χ1v) is 42.4. The topological polar surface area (TPSA) is 693 Å². The SMILES string of the molecule is CC[C@@H](C)CCCCC(=O)N[C@@H](CCNCS(=O)(=O)O)C(=O)N[C@H](C(=O)N[C@@H](CCNCS(=O)(=O)O)C(=O)N[C@H]1CCNC(=O)[C@H]([C@@H](C)O)NC(=O)[C@H](CCNCS(=O)(=O)O)NC(=O)[C@H](CCNCS(=O)(=O)O)NC(=O)[C@H](CC(C)C)NC(=O)[C@@H](CC(C)C)NC(=O)[C@H](CCNCS(=O)(=O)O)NC1=O)[C@@H](C)O. The molecule has 0 unspecified atom stereocenters. The zero-order valence-corrected chi connectivity index (χ0v) is 65.0. The van der Waals surface area contributed by atoms with Crippen LogP contribution in [-0.2, 0) is 103 Å². The molecule has 13 atom stereocenters. The van der Waals surface area contributed by atoms with Gasteiger partial charge in [0.2, 0.25) is 65.0 Å². The fourth-order valence-corrected chi connectivity index (χ4v) is 12.2. The number of aliphatic hydroxyl groups is 2. The maximum atomic E-state index is 14.9. The van der Waals surface area contributed by atoms with E-state index >= 15 is 0 Å². The lowest BCUT2D eigenvalue weighted by Crippen LogP contribution is -2.62. The Morgan fingerprint density at radius 1 is 0.439 bits per heavy atom. The summed E-state index contributed by atoms with van der Waals surface area (Å²) in [5, 5.41) is 59.7. The lowest BCUT2D eigenvalue weighted by Gasteiger charge is -2.29. The van der Waals surface area contributed by atoms with E-state index < -0.39 is 294 Å². The zero-order valence-electron chi connectivity index (χ0n) is 60.9. The molecule has 0 aromatic rings. The molecule has 1 aliphatic heterocycles. The first-order chi connectivity index (χ1) is 49.4. The van der Waals surface area contributed by atoms with Crippen LogP contribution in [0.4, 0.5) is 0 Å². The van der Waals surface area contributed by atoms with Crippen molar-refractivity contribution < 1.29 is 128 Å². The molecule has 1 fully saturated rings. The molecule has 0 spiro atoms. The summed E-state index contributed by atoms with van der Waals surface area (Å²) in [6, 6.07) is -18.5. The monoisotopic (exact) mass is 1640 g/mol. The average molecular weight is 1640 g/mol. The number of aliphatic hydroxyl groups excluding tert-OH is 2. The summed E-state index contributed by atoms with van der Waals surface area (Å²) in [5.41, 5.74) is 0. The Hall–Kier alpha value is -6.56. The minimum Gasteiger partial charge on any atom is -0.391 e. The van der Waals surface area contributed by atoms with Crippen LogP contribution in [0.1, 0.15) is 139 Å². The number of carbonyl (C=O) groups excluding carboxylic acids is 11. The predicted molar refractivity (Wildman–Crippen MR) is 382 cm³/mol. The predicted octanol–water partition coefficient (Wildman–Crippen LogP) is -8.06. The summed E-state index contributed by atoms with van der Waals surface area (Å²) < 4.78 is 163. The van der Waals surface area contributed by atoms with Crippen LogP contribution < -0.4 is 85.1 Å². The third-order valence-electron chi connectivity index (χ3n) is 15.9. The number of hydrogen-bond donors (Lipinski definition) is 23. The lowest BCUT2D eigenvalue weighted by atomic mass is 9.99. The van der Waals surface area contributed by atoms with Crippen LogP contribution in [0.5, 0.6) is 0 Å². The van der Waals surface area contributed by atoms with E-state index in [1.54, 1.807) is 27.7 Å². The van der Waals surface area contributed by atoms with Gasteiger partial charge in [0.25, 0.3) is 50.6 Å². The summed E-state index contributed by atoms with van der Waals surface area (Å²) in [6.07, 6.45) is -5.23. The van der Waals surface area contributed by atoms with E-state index in [1.807, 2.05) is 13.8 Å². The maximum Gasteiger partial charge on any atom is 0.278 e. The number of carbonyl (C=O) groups is 11. The van der Waals surface area contributed by atoms with Gasteiger partial charge in [-0.15, -0.1) is 0 Å². The molecular weight excluding hydrogens is 1530 g/mol. The van der Waals surface area contributed by atoms with Crippen molar-refractivity contribution >= 4 is 116 Å². The summed E-state index contributed by atoms with van der Waals surface area (Å²) in [7, 11) is -23.5. The molecular formula is C58H110N16O28S5. The van der Waals surface area contributed by atoms with Crippen molar-refractivity contribution in [3.63, 3.8) is 0 Å². The van der Waals surface area contributed by atoms with Crippen molar-refractivity contribution in [2.24, 2.45) is 17.8 Å². The second-order valence-corrected chi connectivity index (χ2v) is 33.9. The van der Waals surface area contributed by atoms with E-state index in [-0.39, 0.29) is 32.2 Å². The van der Waals surface area contributed by atoms with Gasteiger partial charge in [0.15, 0.2) is 0 Å². The molecule has 23 N–H and O–H groups in total. The molecule has 44 nitrogen and oxygen atoms in total. The van der Waals surface area contributed by atoms with Crippen molar-refractivity contribution in [3.8, 4) is 0 Å². The Kier molecular flexibility index (Phi) is 44.3. The highest BCUT2D eigenvalue weighted by Gasteiger charge is 2.38. The van der Waals surface area contributed by atoms with E-state index in [0.717, 1.165) is 26.7 Å². The standard InChI is InChI=1S/C58H110N16O28S5/c1-9-35(6)12-10-11-13-46(77)65-38(14-20-59-28-103(88,89)90)53(82)74-48(37(8)76)58(87)70-41(17-23-62-31-106(97,98)99)50(79)68-43-19-25-64-57(86)47(36(7)75)73-54(83)42(18-24-63-32-107(100,101)102)67-49(78)39(15-21-60-29-104(91,92)93)69-55(84)44(26-33(2)3)72-56(85)45(27-34(4)5)71-52(81)40(66-51(43)80)16-22-61-30-105(94,95)96/h33-45,47-48,59-63,75-76H,9-32H2,1-8H3,(H,64,86)(H,65,77)(H,66,80)(H,67,78)(H,68,79)(H,69,84)(H,70,87)(H,71,81)(H,72,85)(H,73,83)(H,74,82)(H,88,89,90)(H,91,92,93)(H,94,95,96)(H,97,98,99)(H,100,101,102)/t35-,36-,37-,38+,39+,40+,41+,42+,43+,44+,45-,47+,48+/m1/s1. The summed E-state index contributed by atoms with van der Waals surface area (Å²) in [5.74, 6) is -19.1. The Balaban J connectivity index is 4.33. The molecule has 0 aromatic heterocycles. The van der Waals surface area contributed by atoms with Gasteiger partial charge in [-0.1, -0.05) is 60.8 Å². The second kappa shape index (κ2) is 48.2. The minimum atomic E-state index is -4.77. The first-order valence-electron chi connectivity index (χ1n) is 34.4. The van der Waals surface area contributed by atoms with Gasteiger partial charge >= 0.3 is 0 Å². The highest BCUT2D eigenvalue weighted by atomic mass is 32.2. The van der Waals surface area contributed by atoms with Gasteiger partial charge in [0, 0.05) is 13.0 Å². The largest absolute Gasteiger partial charge is 0.391 e. The van der Waals surface area contributed by atoms with Crippen LogP contribution >= 0.6 is 0 Å². The maximum absolute atomic E-state index is 14.9. The summed E-state index contributed by atoms with van der Waals surface area (Å²) in [4.78, 5) is 158. The highest BCUT2D eigenvalue weighted by Crippen LogP contribution is 2.15. The molecule has 0 aliphatic carbocycles. The molecule has 0 bridgehead atoms. The molecule has 11 amide bonds. The zero-order chi connectivity index (χ0) is 81.8. The summed E-state index contributed by atoms with van der Waals surface area (Å²) in [6.45, 7) is 9.25. The Morgan fingerprint density at radius 2 is 0.804 bits per heavy atom. The van der Waals surface area contributed by atoms with E-state index in [4.69, 9.17) is 0 Å². The average Bonchev–Trinajstić information content (AvgIpc) is 1.17. The third-order valence-corrected chi connectivity index (χ3v) is 18.7. The van der Waals surface area contributed by atoms with E-state index in [0.29, 0.717) is 18.8 Å². The van der Waals surface area contributed by atoms with Gasteiger partial charge in [-0.25, -0.2) is 0 Å². The molecule has 620 valence electrons. The summed E-state index contributed by atoms with van der Waals surface area (Å²) >= 11 is 0. The van der Waals surface area contributed by atoms with Gasteiger partial charge in [-0.3, -0.25) is 75.5 Å². The van der Waals surface area contributed by atoms with Gasteiger partial charge in [-0.2, -0.15) is 42.1 Å². The second-order valence-electron chi connectivity index (χ2n) is 26.7. The fourth-order valence-electron chi connectivity index (χ4n) is 10.2. The number of rotatable bonds is 44. The Labute approximate surface area is 623 Å². The number of unbranched alkanes of at least 4 members (excludes halogenated alkanes) is 1. The number of amides is 11. The molecule has 1 heterocycles. The molecule has 107 heavy (non-hydrogen) atoms. The lowest BCUT2D eigenvalue weighted by molar-refractivity contribution is -0.137. The van der Waals surface area contributed by atoms with Crippen molar-refractivity contribution in [1.29, 1.82) is 0 Å². The van der Waals surface area contributed by atoms with Gasteiger partial charge in [0.1, 0.15) is 89.8 Å². The first kappa shape index (κ1) is 98.4. The van der Waals surface area contributed by atoms with Crippen LogP contribution in [0, 0.1) is 17.8 Å². The van der Waals surface area contributed by atoms with Gasteiger partial charge in [0.05, 0.1) is 12.2 Å². The Bertz CT molecular complexity index is 3520. The van der Waals surface area contributed by atoms with Crippen LogP contribution in [0.15, 0.2) is 0 Å². The number of hydrogen-bond acceptors (Lipinski definition) is 28. The molecule has 0 saturated carbocycles. The minimum absolute atomic E-state index is 0.0847.